The Balaban J connectivity index is 2.16. The van der Waals surface area contributed by atoms with Crippen LogP contribution in [0.1, 0.15) is 28.9 Å². The van der Waals surface area contributed by atoms with Crippen molar-refractivity contribution in [2.24, 2.45) is 0 Å². The van der Waals surface area contributed by atoms with Gasteiger partial charge in [0.15, 0.2) is 0 Å². The number of carbonyl (C=O) groups is 1. The maximum absolute atomic E-state index is 12.3. The van der Waals surface area contributed by atoms with Crippen molar-refractivity contribution in [2.75, 3.05) is 14.2 Å². The maximum atomic E-state index is 12.3. The Bertz CT molecular complexity index is 592. The Morgan fingerprint density at radius 3 is 2.19 bits per heavy atom. The summed E-state index contributed by atoms with van der Waals surface area (Å²) in [7, 11) is 3.10. The van der Waals surface area contributed by atoms with Crippen molar-refractivity contribution in [2.45, 2.75) is 13.0 Å². The molecule has 2 rings (SSSR count). The van der Waals surface area contributed by atoms with Gasteiger partial charge >= 0.3 is 0 Å². The summed E-state index contributed by atoms with van der Waals surface area (Å²) in [4.78, 5) is 16.3. The minimum absolute atomic E-state index is 0.113. The van der Waals surface area contributed by atoms with Crippen LogP contribution in [0.5, 0.6) is 11.5 Å². The Kier molecular flexibility index (Phi) is 4.77. The fraction of sp³-hybridized carbons (Fsp3) is 0.250. The molecular weight excluding hydrogens is 268 g/mol. The summed E-state index contributed by atoms with van der Waals surface area (Å²) < 4.78 is 10.3. The summed E-state index contributed by atoms with van der Waals surface area (Å²) in [5, 5.41) is 2.94. The lowest BCUT2D eigenvalue weighted by Gasteiger charge is -2.15. The van der Waals surface area contributed by atoms with Gasteiger partial charge in [-0.3, -0.25) is 9.78 Å². The molecule has 0 saturated carbocycles. The molecule has 1 amide bonds. The minimum Gasteiger partial charge on any atom is -0.497 e. The molecule has 5 nitrogen and oxygen atoms in total. The summed E-state index contributed by atoms with van der Waals surface area (Å²) >= 11 is 0. The Hall–Kier alpha value is -2.56. The van der Waals surface area contributed by atoms with Crippen molar-refractivity contribution in [1.29, 1.82) is 0 Å². The van der Waals surface area contributed by atoms with E-state index >= 15 is 0 Å². The number of benzene rings is 1. The van der Waals surface area contributed by atoms with Gasteiger partial charge in [0.2, 0.25) is 0 Å². The van der Waals surface area contributed by atoms with Gasteiger partial charge in [0.05, 0.1) is 20.3 Å². The Labute approximate surface area is 123 Å². The first kappa shape index (κ1) is 14.8. The number of pyridine rings is 1. The third kappa shape index (κ3) is 3.72. The van der Waals surface area contributed by atoms with E-state index in [4.69, 9.17) is 9.47 Å². The number of carbonyl (C=O) groups excluding carboxylic acids is 1. The first-order chi connectivity index (χ1) is 10.1. The van der Waals surface area contributed by atoms with Gasteiger partial charge in [0.25, 0.3) is 5.91 Å². The van der Waals surface area contributed by atoms with E-state index in [2.05, 4.69) is 10.3 Å². The molecule has 21 heavy (non-hydrogen) atoms. The molecule has 0 unspecified atom stereocenters. The van der Waals surface area contributed by atoms with Crippen LogP contribution in [0.3, 0.4) is 0 Å². The highest BCUT2D eigenvalue weighted by molar-refractivity contribution is 5.95. The van der Waals surface area contributed by atoms with Gasteiger partial charge < -0.3 is 14.8 Å². The molecule has 5 heteroatoms. The van der Waals surface area contributed by atoms with Crippen LogP contribution in [-0.4, -0.2) is 25.1 Å². The quantitative estimate of drug-likeness (QED) is 0.917. The van der Waals surface area contributed by atoms with Gasteiger partial charge in [-0.25, -0.2) is 0 Å². The molecule has 1 heterocycles. The van der Waals surface area contributed by atoms with Gasteiger partial charge in [-0.05, 0) is 36.8 Å². The van der Waals surface area contributed by atoms with E-state index in [0.29, 0.717) is 17.1 Å². The molecule has 1 aromatic heterocycles. The minimum atomic E-state index is -0.184. The number of rotatable bonds is 5. The molecule has 0 saturated heterocycles. The van der Waals surface area contributed by atoms with Crippen molar-refractivity contribution < 1.29 is 14.3 Å². The van der Waals surface area contributed by atoms with Crippen LogP contribution in [0.2, 0.25) is 0 Å². The summed E-state index contributed by atoms with van der Waals surface area (Å²) in [5.41, 5.74) is 1.49. The zero-order valence-electron chi connectivity index (χ0n) is 12.3. The number of nitrogens with one attached hydrogen (secondary N) is 1. The lowest BCUT2D eigenvalue weighted by Crippen LogP contribution is -2.26. The fourth-order valence-electron chi connectivity index (χ4n) is 1.95. The molecule has 1 aromatic carbocycles. The van der Waals surface area contributed by atoms with Gasteiger partial charge in [-0.2, -0.15) is 0 Å². The lowest BCUT2D eigenvalue weighted by molar-refractivity contribution is 0.0939. The van der Waals surface area contributed by atoms with E-state index in [1.807, 2.05) is 19.1 Å². The first-order valence-corrected chi connectivity index (χ1v) is 6.58. The van der Waals surface area contributed by atoms with Crippen LogP contribution in [0.15, 0.2) is 42.7 Å². The van der Waals surface area contributed by atoms with Crippen LogP contribution < -0.4 is 14.8 Å². The molecule has 0 spiro atoms. The topological polar surface area (TPSA) is 60.5 Å². The predicted octanol–water partition coefficient (Wildman–Crippen LogP) is 2.59. The molecule has 2 aromatic rings. The molecule has 0 aliphatic carbocycles. The molecule has 0 bridgehead atoms. The van der Waals surface area contributed by atoms with E-state index in [0.717, 1.165) is 5.56 Å². The molecular formula is C16H18N2O3. The third-order valence-corrected chi connectivity index (χ3v) is 3.17. The SMILES string of the molecule is COc1cc(OC)cc(C(=O)N[C@@H](C)c2ccncc2)c1. The van der Waals surface area contributed by atoms with Crippen molar-refractivity contribution in [1.82, 2.24) is 10.3 Å². The van der Waals surface area contributed by atoms with Crippen molar-refractivity contribution in [3.8, 4) is 11.5 Å². The second-order valence-electron chi connectivity index (χ2n) is 4.58. The number of nitrogens with zero attached hydrogens (tertiary/aromatic N) is 1. The van der Waals surface area contributed by atoms with Crippen molar-refractivity contribution >= 4 is 5.91 Å². The average molecular weight is 286 g/mol. The maximum Gasteiger partial charge on any atom is 0.252 e. The predicted molar refractivity (Wildman–Crippen MR) is 79.7 cm³/mol. The average Bonchev–Trinajstić information content (AvgIpc) is 2.54. The van der Waals surface area contributed by atoms with E-state index in [1.54, 1.807) is 44.8 Å². The summed E-state index contributed by atoms with van der Waals surface area (Å²) in [6.07, 6.45) is 3.40. The molecule has 0 radical (unpaired) electrons. The van der Waals surface area contributed by atoms with E-state index in [1.165, 1.54) is 0 Å². The zero-order chi connectivity index (χ0) is 15.2. The number of ether oxygens (including phenoxy) is 2. The van der Waals surface area contributed by atoms with E-state index in [9.17, 15) is 4.79 Å². The van der Waals surface area contributed by atoms with E-state index in [-0.39, 0.29) is 11.9 Å². The Morgan fingerprint density at radius 1 is 1.10 bits per heavy atom. The molecule has 0 aliphatic heterocycles. The van der Waals surface area contributed by atoms with Gasteiger partial charge in [-0.15, -0.1) is 0 Å². The normalized spacial score (nSPS) is 11.6. The van der Waals surface area contributed by atoms with Crippen LogP contribution in [-0.2, 0) is 0 Å². The van der Waals surface area contributed by atoms with Gasteiger partial charge in [-0.1, -0.05) is 0 Å². The monoisotopic (exact) mass is 286 g/mol. The highest BCUT2D eigenvalue weighted by Crippen LogP contribution is 2.23. The Morgan fingerprint density at radius 2 is 1.67 bits per heavy atom. The number of methoxy groups -OCH3 is 2. The molecule has 1 atom stereocenters. The molecule has 1 N–H and O–H groups in total. The van der Waals surface area contributed by atoms with Crippen LogP contribution in [0, 0.1) is 0 Å². The molecule has 0 fully saturated rings. The summed E-state index contributed by atoms with van der Waals surface area (Å²) in [6.45, 7) is 1.92. The second-order valence-corrected chi connectivity index (χ2v) is 4.58. The number of hydrogen-bond donors (Lipinski definition) is 1. The van der Waals surface area contributed by atoms with Crippen molar-refractivity contribution in [3.05, 3.63) is 53.9 Å². The highest BCUT2D eigenvalue weighted by Gasteiger charge is 2.13. The third-order valence-electron chi connectivity index (χ3n) is 3.17. The van der Waals surface area contributed by atoms with Gasteiger partial charge in [0.1, 0.15) is 11.5 Å². The first-order valence-electron chi connectivity index (χ1n) is 6.58. The van der Waals surface area contributed by atoms with Gasteiger partial charge in [0, 0.05) is 24.0 Å². The van der Waals surface area contributed by atoms with Crippen LogP contribution in [0.25, 0.3) is 0 Å². The molecule has 0 aliphatic rings. The fourth-order valence-corrected chi connectivity index (χ4v) is 1.95. The largest absolute Gasteiger partial charge is 0.497 e. The highest BCUT2D eigenvalue weighted by atomic mass is 16.5. The number of amides is 1. The zero-order valence-corrected chi connectivity index (χ0v) is 12.3. The smallest absolute Gasteiger partial charge is 0.252 e. The lowest BCUT2D eigenvalue weighted by atomic mass is 10.1. The number of aromatic nitrogens is 1. The van der Waals surface area contributed by atoms with Crippen molar-refractivity contribution in [3.63, 3.8) is 0 Å². The standard InChI is InChI=1S/C16H18N2O3/c1-11(12-4-6-17-7-5-12)18-16(19)13-8-14(20-2)10-15(9-13)21-3/h4-11H,1-3H3,(H,18,19)/t11-/m0/s1. The van der Waals surface area contributed by atoms with E-state index < -0.39 is 0 Å². The summed E-state index contributed by atoms with van der Waals surface area (Å²) in [5.74, 6) is 0.976. The number of hydrogen-bond acceptors (Lipinski definition) is 4. The summed E-state index contributed by atoms with van der Waals surface area (Å²) in [6, 6.07) is 8.71. The van der Waals surface area contributed by atoms with Crippen LogP contribution in [0.4, 0.5) is 0 Å². The van der Waals surface area contributed by atoms with Crippen LogP contribution >= 0.6 is 0 Å². The second kappa shape index (κ2) is 6.74. The molecule has 110 valence electrons.